The number of hydrogen-bond donors (Lipinski definition) is 3. The van der Waals surface area contributed by atoms with Crippen LogP contribution in [0.15, 0.2) is 42.9 Å². The normalized spacial score (nSPS) is 17.0. The number of methoxy groups -OCH3 is 1. The highest BCUT2D eigenvalue weighted by atomic mass is 32.2. The lowest BCUT2D eigenvalue weighted by Gasteiger charge is -2.32. The Morgan fingerprint density at radius 2 is 1.80 bits per heavy atom. The Hall–Kier alpha value is -3.78. The van der Waals surface area contributed by atoms with Crippen LogP contribution >= 0.6 is 0 Å². The van der Waals surface area contributed by atoms with Crippen molar-refractivity contribution in [3.05, 3.63) is 54.1 Å². The number of likely N-dealkylation sites (tertiary alicyclic amines) is 1. The minimum absolute atomic E-state index is 0.0392. The molecule has 0 radical (unpaired) electrons. The Morgan fingerprint density at radius 3 is 2.39 bits per heavy atom. The van der Waals surface area contributed by atoms with E-state index in [0.717, 1.165) is 11.8 Å². The molecule has 1 saturated heterocycles. The monoisotopic (exact) mass is 590 g/mol. The van der Waals surface area contributed by atoms with E-state index in [1.165, 1.54) is 25.9 Å². The molecule has 1 aromatic heterocycles. The summed E-state index contributed by atoms with van der Waals surface area (Å²) >= 11 is 0. The lowest BCUT2D eigenvalue weighted by Crippen LogP contribution is -2.61. The average Bonchev–Trinajstić information content (AvgIpc) is 3.56. The number of rotatable bonds is 12. The molecule has 0 bridgehead atoms. The first-order valence-corrected chi connectivity index (χ1v) is 15.1. The lowest BCUT2D eigenvalue weighted by molar-refractivity contribution is -0.146. The number of amides is 3. The van der Waals surface area contributed by atoms with Crippen molar-refractivity contribution >= 4 is 33.7 Å². The number of esters is 1. The molecule has 3 atom stereocenters. The standard InChI is InChI=1S/C27H38N6O7S/c1-27(2,26(37)29-21(25(36)40-4)14-18-10-7-6-8-11-18)30-23(34)22-12-9-13-33(22)24(35)20(31-41(5,38)39)15-19-16-28-17-32(19)3/h6-8,10-11,16-17,20-22,31H,9,12-15H2,1-5H3,(H,29,37)(H,30,34)/t20-,21-,22+/m0/s1. The Kier molecular flexibility index (Phi) is 10.3. The van der Waals surface area contributed by atoms with Gasteiger partial charge in [-0.1, -0.05) is 30.3 Å². The summed E-state index contributed by atoms with van der Waals surface area (Å²) in [6.45, 7) is 3.24. The lowest BCUT2D eigenvalue weighted by atomic mass is 10.0. The molecule has 14 heteroatoms. The number of imidazole rings is 1. The van der Waals surface area contributed by atoms with Gasteiger partial charge in [-0.15, -0.1) is 0 Å². The van der Waals surface area contributed by atoms with E-state index < -0.39 is 57.4 Å². The van der Waals surface area contributed by atoms with Crippen LogP contribution in [0, 0.1) is 0 Å². The van der Waals surface area contributed by atoms with Gasteiger partial charge in [-0.05, 0) is 32.3 Å². The highest BCUT2D eigenvalue weighted by Gasteiger charge is 2.41. The molecule has 0 saturated carbocycles. The topological polar surface area (TPSA) is 169 Å². The van der Waals surface area contributed by atoms with Gasteiger partial charge in [-0.25, -0.2) is 22.9 Å². The molecule has 2 aromatic rings. The average molecular weight is 591 g/mol. The number of aromatic nitrogens is 2. The molecule has 0 aliphatic carbocycles. The van der Waals surface area contributed by atoms with Crippen LogP contribution in [-0.4, -0.2) is 90.1 Å². The molecule has 3 N–H and O–H groups in total. The van der Waals surface area contributed by atoms with Gasteiger partial charge in [-0.2, -0.15) is 0 Å². The molecule has 3 rings (SSSR count). The number of carbonyl (C=O) groups excluding carboxylic acids is 4. The third kappa shape index (κ3) is 8.60. The van der Waals surface area contributed by atoms with Crippen LogP contribution in [0.3, 0.4) is 0 Å². The molecule has 0 spiro atoms. The van der Waals surface area contributed by atoms with Gasteiger partial charge in [0.25, 0.3) is 0 Å². The molecule has 2 heterocycles. The second-order valence-electron chi connectivity index (χ2n) is 10.7. The molecule has 1 fully saturated rings. The number of nitrogens with one attached hydrogen (secondary N) is 3. The van der Waals surface area contributed by atoms with E-state index in [2.05, 4.69) is 20.3 Å². The molecule has 41 heavy (non-hydrogen) atoms. The minimum atomic E-state index is -3.75. The van der Waals surface area contributed by atoms with Crippen molar-refractivity contribution in [3.8, 4) is 0 Å². The molecule has 1 aromatic carbocycles. The van der Waals surface area contributed by atoms with E-state index in [1.807, 2.05) is 30.3 Å². The first-order valence-electron chi connectivity index (χ1n) is 13.2. The number of carbonyl (C=O) groups is 4. The third-order valence-electron chi connectivity index (χ3n) is 6.90. The molecule has 224 valence electrons. The van der Waals surface area contributed by atoms with Gasteiger partial charge >= 0.3 is 5.97 Å². The summed E-state index contributed by atoms with van der Waals surface area (Å²) in [6.07, 6.45) is 5.14. The molecule has 13 nitrogen and oxygen atoms in total. The van der Waals surface area contributed by atoms with Crippen LogP contribution in [0.5, 0.6) is 0 Å². The van der Waals surface area contributed by atoms with E-state index in [-0.39, 0.29) is 19.4 Å². The highest BCUT2D eigenvalue weighted by molar-refractivity contribution is 7.88. The summed E-state index contributed by atoms with van der Waals surface area (Å²) in [7, 11) is -0.796. The molecule has 1 aliphatic rings. The number of benzene rings is 1. The van der Waals surface area contributed by atoms with Crippen LogP contribution in [-0.2, 0) is 53.8 Å². The predicted molar refractivity (Wildman–Crippen MR) is 150 cm³/mol. The summed E-state index contributed by atoms with van der Waals surface area (Å²) in [6, 6.07) is 6.07. The van der Waals surface area contributed by atoms with Crippen molar-refractivity contribution in [2.75, 3.05) is 19.9 Å². The maximum atomic E-state index is 13.6. The number of nitrogens with zero attached hydrogens (tertiary/aromatic N) is 3. The maximum absolute atomic E-state index is 13.6. The summed E-state index contributed by atoms with van der Waals surface area (Å²) < 4.78 is 33.1. The highest BCUT2D eigenvalue weighted by Crippen LogP contribution is 2.21. The third-order valence-corrected chi connectivity index (χ3v) is 7.61. The van der Waals surface area contributed by atoms with Crippen LogP contribution in [0.2, 0.25) is 0 Å². The Morgan fingerprint density at radius 1 is 1.12 bits per heavy atom. The molecule has 0 unspecified atom stereocenters. The van der Waals surface area contributed by atoms with Crippen molar-refractivity contribution in [1.29, 1.82) is 0 Å². The molecule has 3 amide bonds. The fourth-order valence-corrected chi connectivity index (χ4v) is 5.40. The SMILES string of the molecule is COC(=O)[C@H](Cc1ccccc1)NC(=O)C(C)(C)NC(=O)[C@H]1CCCN1C(=O)[C@H](Cc1cncn1C)NS(C)(=O)=O. The Bertz CT molecular complexity index is 1360. The molecular weight excluding hydrogens is 552 g/mol. The number of ether oxygens (including phenoxy) is 1. The summed E-state index contributed by atoms with van der Waals surface area (Å²) in [5.74, 6) is -2.35. The van der Waals surface area contributed by atoms with E-state index in [0.29, 0.717) is 18.5 Å². The second-order valence-corrected chi connectivity index (χ2v) is 12.5. The maximum Gasteiger partial charge on any atom is 0.328 e. The van der Waals surface area contributed by atoms with Crippen molar-refractivity contribution in [2.45, 2.75) is 63.2 Å². The van der Waals surface area contributed by atoms with Crippen LogP contribution in [0.25, 0.3) is 0 Å². The number of sulfonamides is 1. The molecule has 1 aliphatic heterocycles. The van der Waals surface area contributed by atoms with Gasteiger partial charge in [0.15, 0.2) is 0 Å². The van der Waals surface area contributed by atoms with Gasteiger partial charge < -0.3 is 24.8 Å². The van der Waals surface area contributed by atoms with Crippen LogP contribution in [0.1, 0.15) is 37.9 Å². The van der Waals surface area contributed by atoms with Crippen molar-refractivity contribution in [1.82, 2.24) is 29.8 Å². The fourth-order valence-electron chi connectivity index (χ4n) is 4.70. The van der Waals surface area contributed by atoms with Crippen molar-refractivity contribution in [3.63, 3.8) is 0 Å². The van der Waals surface area contributed by atoms with Crippen molar-refractivity contribution < 1.29 is 32.3 Å². The fraction of sp³-hybridized carbons (Fsp3) is 0.519. The van der Waals surface area contributed by atoms with Crippen LogP contribution in [0.4, 0.5) is 0 Å². The van der Waals surface area contributed by atoms with E-state index in [4.69, 9.17) is 4.74 Å². The zero-order valence-corrected chi connectivity index (χ0v) is 24.7. The summed E-state index contributed by atoms with van der Waals surface area (Å²) in [5, 5.41) is 5.37. The summed E-state index contributed by atoms with van der Waals surface area (Å²) in [4.78, 5) is 57.9. The van der Waals surface area contributed by atoms with Gasteiger partial charge in [0.05, 0.1) is 19.7 Å². The first kappa shape index (κ1) is 31.7. The minimum Gasteiger partial charge on any atom is -0.467 e. The van der Waals surface area contributed by atoms with Crippen LogP contribution < -0.4 is 15.4 Å². The quantitative estimate of drug-likeness (QED) is 0.282. The zero-order chi connectivity index (χ0) is 30.4. The smallest absolute Gasteiger partial charge is 0.328 e. The largest absolute Gasteiger partial charge is 0.467 e. The second kappa shape index (κ2) is 13.3. The number of aryl methyl sites for hydroxylation is 1. The first-order chi connectivity index (χ1) is 19.2. The van der Waals surface area contributed by atoms with Gasteiger partial charge in [-0.3, -0.25) is 14.4 Å². The molecular formula is C27H38N6O7S. The number of hydrogen-bond acceptors (Lipinski definition) is 8. The van der Waals surface area contributed by atoms with Gasteiger partial charge in [0.1, 0.15) is 23.7 Å². The van der Waals surface area contributed by atoms with E-state index in [1.54, 1.807) is 24.1 Å². The Labute approximate surface area is 240 Å². The van der Waals surface area contributed by atoms with Crippen molar-refractivity contribution in [2.24, 2.45) is 7.05 Å². The van der Waals surface area contributed by atoms with Gasteiger partial charge in [0.2, 0.25) is 27.7 Å². The zero-order valence-electron chi connectivity index (χ0n) is 23.9. The predicted octanol–water partition coefficient (Wildman–Crippen LogP) is -0.333. The van der Waals surface area contributed by atoms with Gasteiger partial charge in [0, 0.05) is 38.3 Å². The summed E-state index contributed by atoms with van der Waals surface area (Å²) in [5.41, 5.74) is -0.00193. The van der Waals surface area contributed by atoms with E-state index >= 15 is 0 Å². The van der Waals surface area contributed by atoms with E-state index in [9.17, 15) is 27.6 Å². The Balaban J connectivity index is 1.72.